The minimum Gasteiger partial charge on any atom is -0.351 e. The van der Waals surface area contributed by atoms with Crippen molar-refractivity contribution in [2.75, 3.05) is 6.54 Å². The van der Waals surface area contributed by atoms with Gasteiger partial charge in [0.05, 0.1) is 5.69 Å². The maximum absolute atomic E-state index is 12.4. The molecular weight excluding hydrogens is 316 g/mol. The molecule has 0 radical (unpaired) electrons. The Morgan fingerprint density at radius 2 is 2.04 bits per heavy atom. The summed E-state index contributed by atoms with van der Waals surface area (Å²) in [6, 6.07) is 7.68. The van der Waals surface area contributed by atoms with Gasteiger partial charge in [-0.2, -0.15) is 5.10 Å². The van der Waals surface area contributed by atoms with Gasteiger partial charge >= 0.3 is 0 Å². The van der Waals surface area contributed by atoms with Gasteiger partial charge < -0.3 is 5.32 Å². The molecule has 0 atom stereocenters. The first-order valence-corrected chi connectivity index (χ1v) is 8.47. The van der Waals surface area contributed by atoms with Gasteiger partial charge in [-0.05, 0) is 24.6 Å². The Hall–Kier alpha value is -2.70. The molecule has 0 saturated carbocycles. The molecule has 3 aromatic rings. The van der Waals surface area contributed by atoms with Crippen LogP contribution in [0.5, 0.6) is 0 Å². The number of hydrogen-bond donors (Lipinski definition) is 1. The van der Waals surface area contributed by atoms with Gasteiger partial charge in [0.1, 0.15) is 11.5 Å². The van der Waals surface area contributed by atoms with Crippen LogP contribution in [-0.2, 0) is 18.9 Å². The number of carbonyl (C=O) groups excluding carboxylic acids is 1. The minimum atomic E-state index is -0.100. The number of rotatable bonds is 5. The zero-order valence-electron chi connectivity index (χ0n) is 15.2. The van der Waals surface area contributed by atoms with Crippen LogP contribution in [0.3, 0.4) is 0 Å². The number of hydrogen-bond acceptors (Lipinski definition) is 4. The summed E-state index contributed by atoms with van der Waals surface area (Å²) in [5.74, 6) is 0.803. The summed E-state index contributed by atoms with van der Waals surface area (Å²) < 4.78 is 3.61. The van der Waals surface area contributed by atoms with Crippen LogP contribution < -0.4 is 5.32 Å². The number of nitrogens with one attached hydrogen (secondary N) is 1. The Morgan fingerprint density at radius 3 is 2.76 bits per heavy atom. The highest BCUT2D eigenvalue weighted by atomic mass is 16.2. The minimum absolute atomic E-state index is 0.0784. The van der Waals surface area contributed by atoms with Crippen molar-refractivity contribution in [2.24, 2.45) is 7.05 Å². The van der Waals surface area contributed by atoms with Crippen molar-refractivity contribution in [3.63, 3.8) is 0 Å². The third-order valence-corrected chi connectivity index (χ3v) is 4.13. The molecule has 0 fully saturated rings. The van der Waals surface area contributed by atoms with Gasteiger partial charge in [0.2, 0.25) is 0 Å². The third kappa shape index (κ3) is 3.70. The molecule has 3 heterocycles. The second-order valence-corrected chi connectivity index (χ2v) is 7.19. The van der Waals surface area contributed by atoms with E-state index in [1.165, 1.54) is 0 Å². The monoisotopic (exact) mass is 340 g/mol. The maximum atomic E-state index is 12.4. The number of nitrogens with zero attached hydrogens (tertiary/aromatic N) is 5. The van der Waals surface area contributed by atoms with Gasteiger partial charge in [-0.1, -0.05) is 26.8 Å². The molecule has 0 bridgehead atoms. The molecule has 1 amide bonds. The molecule has 132 valence electrons. The number of aryl methyl sites for hydroxylation is 2. The summed E-state index contributed by atoms with van der Waals surface area (Å²) >= 11 is 0. The summed E-state index contributed by atoms with van der Waals surface area (Å²) in [6.45, 7) is 6.83. The fraction of sp³-hybridized carbons (Fsp3) is 0.444. The highest BCUT2D eigenvalue weighted by Gasteiger charge is 2.21. The topological polar surface area (TPSA) is 77.1 Å². The Bertz CT molecular complexity index is 886. The van der Waals surface area contributed by atoms with E-state index in [1.54, 1.807) is 11.7 Å². The van der Waals surface area contributed by atoms with Crippen LogP contribution in [0.1, 0.15) is 49.2 Å². The van der Waals surface area contributed by atoms with E-state index >= 15 is 0 Å². The van der Waals surface area contributed by atoms with E-state index in [-0.39, 0.29) is 11.3 Å². The highest BCUT2D eigenvalue weighted by Crippen LogP contribution is 2.21. The zero-order valence-corrected chi connectivity index (χ0v) is 15.2. The average Bonchev–Trinajstić information content (AvgIpc) is 3.15. The Morgan fingerprint density at radius 1 is 1.24 bits per heavy atom. The summed E-state index contributed by atoms with van der Waals surface area (Å²) in [5.41, 5.74) is 2.25. The molecule has 3 aromatic heterocycles. The van der Waals surface area contributed by atoms with Crippen molar-refractivity contribution in [2.45, 2.75) is 39.0 Å². The van der Waals surface area contributed by atoms with Gasteiger partial charge in [0.25, 0.3) is 5.91 Å². The summed E-state index contributed by atoms with van der Waals surface area (Å²) in [6.07, 6.45) is 3.50. The van der Waals surface area contributed by atoms with Crippen LogP contribution in [0, 0.1) is 0 Å². The molecule has 25 heavy (non-hydrogen) atoms. The van der Waals surface area contributed by atoms with Gasteiger partial charge in [-0.25, -0.2) is 0 Å². The second kappa shape index (κ2) is 6.66. The van der Waals surface area contributed by atoms with E-state index in [2.05, 4.69) is 41.4 Å². The lowest BCUT2D eigenvalue weighted by atomic mass is 9.92. The quantitative estimate of drug-likeness (QED) is 0.722. The Labute approximate surface area is 147 Å². The molecule has 7 nitrogen and oxygen atoms in total. The van der Waals surface area contributed by atoms with Crippen molar-refractivity contribution >= 4 is 11.6 Å². The van der Waals surface area contributed by atoms with Crippen molar-refractivity contribution in [3.8, 4) is 0 Å². The molecule has 0 aliphatic heterocycles. The average molecular weight is 340 g/mol. The number of aromatic nitrogens is 5. The lowest BCUT2D eigenvalue weighted by Crippen LogP contribution is -2.26. The molecule has 7 heteroatoms. The second-order valence-electron chi connectivity index (χ2n) is 7.19. The third-order valence-electron chi connectivity index (χ3n) is 4.13. The van der Waals surface area contributed by atoms with E-state index in [4.69, 9.17) is 0 Å². The number of fused-ring (bicyclic) bond motifs is 1. The van der Waals surface area contributed by atoms with E-state index in [0.717, 1.165) is 30.0 Å². The molecule has 0 spiro atoms. The van der Waals surface area contributed by atoms with Crippen LogP contribution in [0.2, 0.25) is 0 Å². The lowest BCUT2D eigenvalue weighted by Gasteiger charge is -2.13. The molecule has 0 aliphatic carbocycles. The molecule has 3 rings (SSSR count). The largest absolute Gasteiger partial charge is 0.351 e. The summed E-state index contributed by atoms with van der Waals surface area (Å²) in [4.78, 5) is 12.4. The van der Waals surface area contributed by atoms with Gasteiger partial charge in [0, 0.05) is 31.6 Å². The maximum Gasteiger partial charge on any atom is 0.269 e. The van der Waals surface area contributed by atoms with Crippen LogP contribution in [0.4, 0.5) is 0 Å². The molecule has 0 saturated heterocycles. The number of amides is 1. The van der Waals surface area contributed by atoms with E-state index in [0.29, 0.717) is 12.2 Å². The summed E-state index contributed by atoms with van der Waals surface area (Å²) in [7, 11) is 1.80. The Balaban J connectivity index is 1.56. The van der Waals surface area contributed by atoms with Gasteiger partial charge in [-0.3, -0.25) is 13.9 Å². The van der Waals surface area contributed by atoms with E-state index in [9.17, 15) is 4.79 Å². The smallest absolute Gasteiger partial charge is 0.269 e. The number of carbonyl (C=O) groups is 1. The summed E-state index contributed by atoms with van der Waals surface area (Å²) in [5, 5.41) is 15.7. The predicted molar refractivity (Wildman–Crippen MR) is 95.5 cm³/mol. The first kappa shape index (κ1) is 17.1. The SMILES string of the molecule is Cn1nc(C(C)(C)C)cc1C(=O)NCCCc1nnc2ccccn12. The van der Waals surface area contributed by atoms with Crippen molar-refractivity contribution in [3.05, 3.63) is 47.7 Å². The fourth-order valence-corrected chi connectivity index (χ4v) is 2.65. The van der Waals surface area contributed by atoms with Gasteiger partial charge in [0.15, 0.2) is 5.65 Å². The highest BCUT2D eigenvalue weighted by molar-refractivity contribution is 5.92. The lowest BCUT2D eigenvalue weighted by molar-refractivity contribution is 0.0943. The van der Waals surface area contributed by atoms with E-state index in [1.807, 2.05) is 34.9 Å². The standard InChI is InChI=1S/C18H24N6O/c1-18(2,3)14-12-13(23(4)22-14)17(25)19-10-7-9-16-21-20-15-8-5-6-11-24(15)16/h5-6,8,11-12H,7,9-10H2,1-4H3,(H,19,25). The first-order valence-electron chi connectivity index (χ1n) is 8.47. The molecule has 0 aromatic carbocycles. The Kier molecular flexibility index (Phi) is 4.57. The molecule has 0 aliphatic rings. The van der Waals surface area contributed by atoms with Crippen molar-refractivity contribution in [1.29, 1.82) is 0 Å². The normalized spacial score (nSPS) is 11.8. The van der Waals surface area contributed by atoms with E-state index < -0.39 is 0 Å². The van der Waals surface area contributed by atoms with Crippen LogP contribution in [-0.4, -0.2) is 36.8 Å². The van der Waals surface area contributed by atoms with Gasteiger partial charge in [-0.15, -0.1) is 10.2 Å². The number of pyridine rings is 1. The van der Waals surface area contributed by atoms with Crippen LogP contribution in [0.15, 0.2) is 30.5 Å². The first-order chi connectivity index (χ1) is 11.9. The fourth-order valence-electron chi connectivity index (χ4n) is 2.65. The zero-order chi connectivity index (χ0) is 18.0. The molecule has 0 unspecified atom stereocenters. The van der Waals surface area contributed by atoms with Crippen LogP contribution in [0.25, 0.3) is 5.65 Å². The molecule has 1 N–H and O–H groups in total. The van der Waals surface area contributed by atoms with Crippen LogP contribution >= 0.6 is 0 Å². The predicted octanol–water partition coefficient (Wildman–Crippen LogP) is 2.12. The molecular formula is C18H24N6O. The van der Waals surface area contributed by atoms with Crippen molar-refractivity contribution < 1.29 is 4.79 Å². The van der Waals surface area contributed by atoms with Crippen molar-refractivity contribution in [1.82, 2.24) is 29.7 Å².